The van der Waals surface area contributed by atoms with Crippen molar-refractivity contribution >= 4 is 37.3 Å². The van der Waals surface area contributed by atoms with E-state index in [0.717, 1.165) is 10.6 Å². The number of nitrogens with one attached hydrogen (secondary N) is 1. The fraction of sp³-hybridized carbons (Fsp3) is 0.381. The number of benzene rings is 2. The molecule has 0 spiro atoms. The molecule has 0 aliphatic heterocycles. The number of anilines is 2. The van der Waals surface area contributed by atoms with E-state index in [9.17, 15) is 26.0 Å². The van der Waals surface area contributed by atoms with Crippen molar-refractivity contribution in [3.63, 3.8) is 0 Å². The molecule has 2 aromatic rings. The topological polar surface area (TPSA) is 104 Å². The monoisotopic (exact) mass is 485 g/mol. The minimum Gasteiger partial charge on any atom is -0.326 e. The van der Waals surface area contributed by atoms with Crippen molar-refractivity contribution in [2.75, 3.05) is 35.5 Å². The average molecular weight is 486 g/mol. The van der Waals surface area contributed by atoms with E-state index in [2.05, 4.69) is 5.32 Å². The van der Waals surface area contributed by atoms with E-state index in [1.54, 1.807) is 13.8 Å². The summed E-state index contributed by atoms with van der Waals surface area (Å²) in [6.45, 7) is 4.16. The number of carbonyl (C=O) groups is 1. The van der Waals surface area contributed by atoms with Gasteiger partial charge in [0.15, 0.2) is 0 Å². The lowest BCUT2D eigenvalue weighted by molar-refractivity contribution is -0.116. The van der Waals surface area contributed by atoms with Gasteiger partial charge in [0.2, 0.25) is 26.0 Å². The minimum atomic E-state index is -3.73. The van der Waals surface area contributed by atoms with Crippen LogP contribution in [0.15, 0.2) is 53.4 Å². The molecule has 0 bridgehead atoms. The molecule has 0 fully saturated rings. The zero-order valence-electron chi connectivity index (χ0n) is 18.3. The smallest absolute Gasteiger partial charge is 0.243 e. The zero-order valence-corrected chi connectivity index (χ0v) is 19.9. The molecule has 0 saturated carbocycles. The number of hydrogen-bond donors (Lipinski definition) is 1. The molecule has 0 aromatic heterocycles. The molecule has 176 valence electrons. The molecule has 0 aliphatic carbocycles. The Kier molecular flexibility index (Phi) is 8.76. The van der Waals surface area contributed by atoms with Gasteiger partial charge in [-0.2, -0.15) is 4.31 Å². The van der Waals surface area contributed by atoms with Gasteiger partial charge in [-0.3, -0.25) is 9.10 Å². The van der Waals surface area contributed by atoms with Gasteiger partial charge in [0.25, 0.3) is 0 Å². The van der Waals surface area contributed by atoms with Crippen molar-refractivity contribution in [2.45, 2.75) is 31.6 Å². The van der Waals surface area contributed by atoms with Crippen LogP contribution in [-0.2, 0) is 24.8 Å². The van der Waals surface area contributed by atoms with Crippen molar-refractivity contribution < 1.29 is 26.0 Å². The van der Waals surface area contributed by atoms with Gasteiger partial charge < -0.3 is 5.32 Å². The summed E-state index contributed by atoms with van der Waals surface area (Å²) in [6.07, 6.45) is 1.15. The highest BCUT2D eigenvalue weighted by molar-refractivity contribution is 7.92. The van der Waals surface area contributed by atoms with Crippen molar-refractivity contribution in [3.8, 4) is 0 Å². The Morgan fingerprint density at radius 1 is 0.969 bits per heavy atom. The van der Waals surface area contributed by atoms with Crippen LogP contribution in [0.5, 0.6) is 0 Å². The van der Waals surface area contributed by atoms with Crippen LogP contribution >= 0.6 is 0 Å². The van der Waals surface area contributed by atoms with E-state index in [1.165, 1.54) is 52.8 Å². The fourth-order valence-corrected chi connectivity index (χ4v) is 5.57. The zero-order chi connectivity index (χ0) is 23.9. The minimum absolute atomic E-state index is 0.0000299. The molecule has 0 unspecified atom stereocenters. The predicted molar refractivity (Wildman–Crippen MR) is 123 cm³/mol. The lowest BCUT2D eigenvalue weighted by Crippen LogP contribution is -2.32. The van der Waals surface area contributed by atoms with Crippen LogP contribution in [-0.4, -0.2) is 52.9 Å². The second kappa shape index (κ2) is 10.9. The fourth-order valence-electron chi connectivity index (χ4n) is 3.15. The molecule has 0 radical (unpaired) electrons. The second-order valence-electron chi connectivity index (χ2n) is 7.05. The second-order valence-corrected chi connectivity index (χ2v) is 10.9. The molecule has 1 N–H and O–H groups in total. The number of carbonyl (C=O) groups excluding carboxylic acids is 1. The summed E-state index contributed by atoms with van der Waals surface area (Å²) in [4.78, 5) is 12.4. The Morgan fingerprint density at radius 3 is 2.09 bits per heavy atom. The van der Waals surface area contributed by atoms with Gasteiger partial charge in [-0.05, 0) is 42.8 Å². The Bertz CT molecular complexity index is 1130. The number of rotatable bonds is 11. The largest absolute Gasteiger partial charge is 0.326 e. The molecule has 0 atom stereocenters. The molecular formula is C21H28FN3O5S2. The lowest BCUT2D eigenvalue weighted by atomic mass is 10.2. The first-order valence-electron chi connectivity index (χ1n) is 10.1. The van der Waals surface area contributed by atoms with Gasteiger partial charge in [-0.1, -0.05) is 26.0 Å². The van der Waals surface area contributed by atoms with E-state index < -0.39 is 25.9 Å². The normalized spacial score (nSPS) is 12.0. The van der Waals surface area contributed by atoms with Gasteiger partial charge in [0.1, 0.15) is 5.82 Å². The molecule has 0 aliphatic rings. The maximum absolute atomic E-state index is 14.0. The van der Waals surface area contributed by atoms with E-state index in [1.807, 2.05) is 0 Å². The van der Waals surface area contributed by atoms with E-state index in [4.69, 9.17) is 0 Å². The summed E-state index contributed by atoms with van der Waals surface area (Å²) in [5.74, 6) is -1.03. The van der Waals surface area contributed by atoms with E-state index in [-0.39, 0.29) is 35.9 Å². The standard InChI is InChI=1S/C21H28FN3O5S2/c1-4-24(5-2)32(29,30)18-14-12-17(13-15-18)23-21(26)11-8-16-25(31(3,27)28)20-10-7-6-9-19(20)22/h6-7,9-10,12-15H,4-5,8,11,16H2,1-3H3,(H,23,26). The summed E-state index contributed by atoms with van der Waals surface area (Å²) in [5, 5.41) is 2.65. The molecule has 32 heavy (non-hydrogen) atoms. The Balaban J connectivity index is 1.99. The quantitative estimate of drug-likeness (QED) is 0.527. The van der Waals surface area contributed by atoms with Gasteiger partial charge in [0, 0.05) is 31.7 Å². The van der Waals surface area contributed by atoms with Crippen molar-refractivity contribution in [2.24, 2.45) is 0 Å². The molecule has 2 rings (SSSR count). The molecule has 11 heteroatoms. The molecule has 8 nitrogen and oxygen atoms in total. The molecular weight excluding hydrogens is 457 g/mol. The highest BCUT2D eigenvalue weighted by Gasteiger charge is 2.22. The first-order chi connectivity index (χ1) is 15.0. The summed E-state index contributed by atoms with van der Waals surface area (Å²) >= 11 is 0. The van der Waals surface area contributed by atoms with Gasteiger partial charge in [-0.15, -0.1) is 0 Å². The number of hydrogen-bond acceptors (Lipinski definition) is 5. The number of sulfonamides is 2. The molecule has 2 aromatic carbocycles. The number of halogens is 1. The predicted octanol–water partition coefficient (Wildman–Crippen LogP) is 3.04. The Morgan fingerprint density at radius 2 is 1.56 bits per heavy atom. The summed E-state index contributed by atoms with van der Waals surface area (Å²) in [7, 11) is -7.31. The van der Waals surface area contributed by atoms with Crippen LogP contribution in [0.25, 0.3) is 0 Å². The maximum Gasteiger partial charge on any atom is 0.243 e. The molecule has 0 heterocycles. The lowest BCUT2D eigenvalue weighted by Gasteiger charge is -2.22. The number of para-hydroxylation sites is 1. The maximum atomic E-state index is 14.0. The van der Waals surface area contributed by atoms with Crippen LogP contribution in [0.4, 0.5) is 15.8 Å². The summed E-state index contributed by atoms with van der Waals surface area (Å²) in [6, 6.07) is 11.4. The summed E-state index contributed by atoms with van der Waals surface area (Å²) < 4.78 is 65.4. The van der Waals surface area contributed by atoms with Crippen LogP contribution in [0.1, 0.15) is 26.7 Å². The van der Waals surface area contributed by atoms with Gasteiger partial charge in [-0.25, -0.2) is 21.2 Å². The van der Waals surface area contributed by atoms with Crippen molar-refractivity contribution in [3.05, 3.63) is 54.3 Å². The van der Waals surface area contributed by atoms with Crippen molar-refractivity contribution in [1.29, 1.82) is 0 Å². The third-order valence-corrected chi connectivity index (χ3v) is 8.01. The molecule has 1 amide bonds. The third kappa shape index (κ3) is 6.50. The van der Waals surface area contributed by atoms with Crippen LogP contribution in [0.2, 0.25) is 0 Å². The number of nitrogens with zero attached hydrogens (tertiary/aromatic N) is 2. The highest BCUT2D eigenvalue weighted by atomic mass is 32.2. The Hall–Kier alpha value is -2.50. The molecule has 0 saturated heterocycles. The highest BCUT2D eigenvalue weighted by Crippen LogP contribution is 2.22. The van der Waals surface area contributed by atoms with Crippen LogP contribution in [0.3, 0.4) is 0 Å². The van der Waals surface area contributed by atoms with Crippen molar-refractivity contribution in [1.82, 2.24) is 4.31 Å². The SMILES string of the molecule is CCN(CC)S(=O)(=O)c1ccc(NC(=O)CCCN(c2ccccc2F)S(C)(=O)=O)cc1. The van der Waals surface area contributed by atoms with E-state index >= 15 is 0 Å². The van der Waals surface area contributed by atoms with Gasteiger partial charge in [0.05, 0.1) is 16.8 Å². The van der Waals surface area contributed by atoms with Gasteiger partial charge >= 0.3 is 0 Å². The summed E-state index contributed by atoms with van der Waals surface area (Å²) in [5.41, 5.74) is 0.350. The third-order valence-electron chi connectivity index (χ3n) is 4.77. The van der Waals surface area contributed by atoms with Crippen LogP contribution in [0, 0.1) is 5.82 Å². The van der Waals surface area contributed by atoms with Crippen LogP contribution < -0.4 is 9.62 Å². The first kappa shape index (κ1) is 25.8. The number of amides is 1. The Labute approximate surface area is 189 Å². The average Bonchev–Trinajstić information content (AvgIpc) is 2.72. The van der Waals surface area contributed by atoms with E-state index in [0.29, 0.717) is 18.8 Å². The first-order valence-corrected chi connectivity index (χ1v) is 13.4.